The Kier molecular flexibility index (Phi) is 6.64. The van der Waals surface area contributed by atoms with Crippen molar-refractivity contribution in [3.63, 3.8) is 0 Å². The number of benzene rings is 1. The first-order valence-electron chi connectivity index (χ1n) is 6.63. The van der Waals surface area contributed by atoms with E-state index in [9.17, 15) is 9.59 Å². The number of hydrogen-bond acceptors (Lipinski definition) is 2. The Labute approximate surface area is 113 Å². The number of amides is 1. The molecule has 4 nitrogen and oxygen atoms in total. The molecule has 0 aromatic heterocycles. The highest BCUT2D eigenvalue weighted by atomic mass is 16.4. The van der Waals surface area contributed by atoms with Crippen molar-refractivity contribution < 1.29 is 14.7 Å². The van der Waals surface area contributed by atoms with Crippen LogP contribution in [0.1, 0.15) is 31.7 Å². The van der Waals surface area contributed by atoms with Gasteiger partial charge in [-0.15, -0.1) is 0 Å². The number of carboxylic acid groups (broad SMARTS) is 1. The third-order valence-corrected chi connectivity index (χ3v) is 3.04. The van der Waals surface area contributed by atoms with Crippen molar-refractivity contribution in [2.45, 2.75) is 32.6 Å². The Balaban J connectivity index is 2.10. The van der Waals surface area contributed by atoms with E-state index in [1.165, 1.54) is 0 Å². The highest BCUT2D eigenvalue weighted by molar-refractivity contribution is 5.76. The summed E-state index contributed by atoms with van der Waals surface area (Å²) in [6.45, 7) is 2.23. The van der Waals surface area contributed by atoms with Gasteiger partial charge in [0, 0.05) is 13.0 Å². The lowest BCUT2D eigenvalue weighted by Crippen LogP contribution is -2.25. The summed E-state index contributed by atoms with van der Waals surface area (Å²) in [6.07, 6.45) is 2.50. The number of carbonyl (C=O) groups is 2. The predicted octanol–water partition coefficient (Wildman–Crippen LogP) is 2.24. The van der Waals surface area contributed by atoms with E-state index < -0.39 is 5.97 Å². The van der Waals surface area contributed by atoms with E-state index in [1.807, 2.05) is 30.3 Å². The van der Waals surface area contributed by atoms with Gasteiger partial charge in [0.25, 0.3) is 0 Å². The van der Waals surface area contributed by atoms with Crippen LogP contribution in [-0.2, 0) is 16.0 Å². The maximum Gasteiger partial charge on any atom is 0.306 e. The molecule has 2 N–H and O–H groups in total. The van der Waals surface area contributed by atoms with Crippen molar-refractivity contribution in [1.29, 1.82) is 0 Å². The van der Waals surface area contributed by atoms with Crippen molar-refractivity contribution in [3.8, 4) is 0 Å². The topological polar surface area (TPSA) is 66.4 Å². The third-order valence-electron chi connectivity index (χ3n) is 3.04. The van der Waals surface area contributed by atoms with Crippen LogP contribution in [0.5, 0.6) is 0 Å². The summed E-state index contributed by atoms with van der Waals surface area (Å²) in [4.78, 5) is 22.2. The number of rotatable bonds is 8. The fourth-order valence-electron chi connectivity index (χ4n) is 1.75. The minimum absolute atomic E-state index is 0.0202. The second-order valence-corrected chi connectivity index (χ2v) is 4.72. The zero-order valence-electron chi connectivity index (χ0n) is 11.3. The summed E-state index contributed by atoms with van der Waals surface area (Å²) >= 11 is 0. The Hall–Kier alpha value is -1.84. The van der Waals surface area contributed by atoms with E-state index >= 15 is 0 Å². The summed E-state index contributed by atoms with van der Waals surface area (Å²) < 4.78 is 0. The van der Waals surface area contributed by atoms with Crippen molar-refractivity contribution >= 4 is 11.9 Å². The largest absolute Gasteiger partial charge is 0.481 e. The highest BCUT2D eigenvalue weighted by Crippen LogP contribution is 2.05. The smallest absolute Gasteiger partial charge is 0.306 e. The first kappa shape index (κ1) is 15.2. The van der Waals surface area contributed by atoms with E-state index in [0.717, 1.165) is 12.0 Å². The number of nitrogens with one attached hydrogen (secondary N) is 1. The molecule has 104 valence electrons. The van der Waals surface area contributed by atoms with Gasteiger partial charge in [-0.25, -0.2) is 0 Å². The van der Waals surface area contributed by atoms with Crippen molar-refractivity contribution in [3.05, 3.63) is 35.9 Å². The van der Waals surface area contributed by atoms with Gasteiger partial charge in [-0.2, -0.15) is 0 Å². The van der Waals surface area contributed by atoms with Crippen LogP contribution in [0.25, 0.3) is 0 Å². The monoisotopic (exact) mass is 263 g/mol. The lowest BCUT2D eigenvalue weighted by atomic mass is 10.1. The zero-order chi connectivity index (χ0) is 14.1. The van der Waals surface area contributed by atoms with E-state index in [1.54, 1.807) is 6.92 Å². The first-order valence-corrected chi connectivity index (χ1v) is 6.63. The minimum Gasteiger partial charge on any atom is -0.481 e. The Morgan fingerprint density at radius 3 is 2.58 bits per heavy atom. The van der Waals surface area contributed by atoms with Crippen LogP contribution in [0.3, 0.4) is 0 Å². The molecule has 0 bridgehead atoms. The van der Waals surface area contributed by atoms with Gasteiger partial charge in [0.15, 0.2) is 0 Å². The molecule has 0 spiro atoms. The average molecular weight is 263 g/mol. The lowest BCUT2D eigenvalue weighted by molar-refractivity contribution is -0.141. The maximum atomic E-state index is 11.6. The number of aliphatic carboxylic acids is 1. The van der Waals surface area contributed by atoms with E-state index in [0.29, 0.717) is 25.8 Å². The average Bonchev–Trinajstić information content (AvgIpc) is 2.42. The van der Waals surface area contributed by atoms with Crippen LogP contribution in [0.15, 0.2) is 30.3 Å². The molecule has 0 aliphatic rings. The standard InChI is InChI=1S/C15H21NO3/c1-12(15(18)19)6-5-11-16-14(17)10-9-13-7-3-2-4-8-13/h2-4,7-8,12H,5-6,9-11H2,1H3,(H,16,17)(H,18,19). The molecule has 0 heterocycles. The van der Waals surface area contributed by atoms with Crippen LogP contribution in [0.4, 0.5) is 0 Å². The number of carboxylic acids is 1. The molecule has 0 saturated heterocycles. The second kappa shape index (κ2) is 8.29. The molecule has 1 aromatic carbocycles. The van der Waals surface area contributed by atoms with Gasteiger partial charge < -0.3 is 10.4 Å². The minimum atomic E-state index is -0.782. The summed E-state index contributed by atoms with van der Waals surface area (Å²) in [5.74, 6) is -1.11. The molecule has 0 fully saturated rings. The molecule has 0 radical (unpaired) electrons. The SMILES string of the molecule is CC(CCCNC(=O)CCc1ccccc1)C(=O)O. The molecule has 1 aromatic rings. The van der Waals surface area contributed by atoms with Crippen LogP contribution in [-0.4, -0.2) is 23.5 Å². The molecule has 4 heteroatoms. The van der Waals surface area contributed by atoms with Crippen LogP contribution >= 0.6 is 0 Å². The number of carbonyl (C=O) groups excluding carboxylic acids is 1. The zero-order valence-corrected chi connectivity index (χ0v) is 11.3. The predicted molar refractivity (Wildman–Crippen MR) is 73.8 cm³/mol. The van der Waals surface area contributed by atoms with Gasteiger partial charge in [0.1, 0.15) is 0 Å². The highest BCUT2D eigenvalue weighted by Gasteiger charge is 2.10. The quantitative estimate of drug-likeness (QED) is 0.707. The molecular weight excluding hydrogens is 242 g/mol. The van der Waals surface area contributed by atoms with Crippen LogP contribution < -0.4 is 5.32 Å². The van der Waals surface area contributed by atoms with Gasteiger partial charge >= 0.3 is 5.97 Å². The van der Waals surface area contributed by atoms with Crippen LogP contribution in [0, 0.1) is 5.92 Å². The molecule has 0 aliphatic carbocycles. The summed E-state index contributed by atoms with van der Waals surface area (Å²) in [5, 5.41) is 11.5. The fraction of sp³-hybridized carbons (Fsp3) is 0.467. The van der Waals surface area contributed by atoms with Crippen LogP contribution in [0.2, 0.25) is 0 Å². The van der Waals surface area contributed by atoms with Crippen molar-refractivity contribution in [2.24, 2.45) is 5.92 Å². The third kappa shape index (κ3) is 6.60. The molecule has 1 amide bonds. The van der Waals surface area contributed by atoms with Gasteiger partial charge in [-0.1, -0.05) is 37.3 Å². The van der Waals surface area contributed by atoms with Gasteiger partial charge in [0.05, 0.1) is 5.92 Å². The second-order valence-electron chi connectivity index (χ2n) is 4.72. The summed E-state index contributed by atoms with van der Waals surface area (Å²) in [5.41, 5.74) is 1.15. The van der Waals surface area contributed by atoms with Crippen molar-refractivity contribution in [2.75, 3.05) is 6.54 Å². The Morgan fingerprint density at radius 2 is 1.95 bits per heavy atom. The Bertz CT molecular complexity index is 403. The van der Waals surface area contributed by atoms with E-state index in [2.05, 4.69) is 5.32 Å². The summed E-state index contributed by atoms with van der Waals surface area (Å²) in [7, 11) is 0. The fourth-order valence-corrected chi connectivity index (χ4v) is 1.75. The first-order chi connectivity index (χ1) is 9.09. The van der Waals surface area contributed by atoms with Crippen molar-refractivity contribution in [1.82, 2.24) is 5.32 Å². The number of hydrogen-bond donors (Lipinski definition) is 2. The Morgan fingerprint density at radius 1 is 1.26 bits per heavy atom. The molecule has 0 aliphatic heterocycles. The maximum absolute atomic E-state index is 11.6. The lowest BCUT2D eigenvalue weighted by Gasteiger charge is -2.07. The normalized spacial score (nSPS) is 11.8. The van der Waals surface area contributed by atoms with Gasteiger partial charge in [-0.05, 0) is 24.8 Å². The molecule has 1 rings (SSSR count). The molecular formula is C15H21NO3. The molecule has 0 saturated carbocycles. The molecule has 1 unspecified atom stereocenters. The van der Waals surface area contributed by atoms with Gasteiger partial charge in [0.2, 0.25) is 5.91 Å². The van der Waals surface area contributed by atoms with E-state index in [4.69, 9.17) is 5.11 Å². The van der Waals surface area contributed by atoms with Gasteiger partial charge in [-0.3, -0.25) is 9.59 Å². The molecule has 19 heavy (non-hydrogen) atoms. The molecule has 1 atom stereocenters. The number of aryl methyl sites for hydroxylation is 1. The summed E-state index contributed by atoms with van der Waals surface area (Å²) in [6, 6.07) is 9.87. The van der Waals surface area contributed by atoms with E-state index in [-0.39, 0.29) is 11.8 Å².